The Labute approximate surface area is 107 Å². The summed E-state index contributed by atoms with van der Waals surface area (Å²) in [5.74, 6) is -0.0302. The third-order valence-corrected chi connectivity index (χ3v) is 2.85. The Hall–Kier alpha value is -1.81. The second kappa shape index (κ2) is 5.23. The molecule has 1 heterocycles. The summed E-state index contributed by atoms with van der Waals surface area (Å²) in [6.07, 6.45) is 1.85. The van der Waals surface area contributed by atoms with Crippen molar-refractivity contribution in [1.82, 2.24) is 15.2 Å². The second-order valence-electron chi connectivity index (χ2n) is 4.88. The van der Waals surface area contributed by atoms with E-state index >= 15 is 0 Å². The van der Waals surface area contributed by atoms with Crippen LogP contribution < -0.4 is 5.32 Å². The zero-order valence-electron chi connectivity index (χ0n) is 11.0. The number of carbonyl (C=O) groups is 1. The summed E-state index contributed by atoms with van der Waals surface area (Å²) >= 11 is 0. The molecule has 18 heavy (non-hydrogen) atoms. The van der Waals surface area contributed by atoms with Crippen molar-refractivity contribution < 1.29 is 4.79 Å². The molecule has 1 amide bonds. The van der Waals surface area contributed by atoms with E-state index in [0.29, 0.717) is 5.56 Å². The Morgan fingerprint density at radius 3 is 2.89 bits per heavy atom. The van der Waals surface area contributed by atoms with Crippen LogP contribution >= 0.6 is 0 Å². The first-order chi connectivity index (χ1) is 8.58. The Balaban J connectivity index is 2.16. The zero-order valence-corrected chi connectivity index (χ0v) is 11.0. The number of carbonyl (C=O) groups excluding carboxylic acids is 1. The molecule has 4 heteroatoms. The van der Waals surface area contributed by atoms with Crippen molar-refractivity contribution >= 4 is 16.8 Å². The standard InChI is InChI=1S/C14H19N3O/c1-10(9-17(2)3)16-14(18)12-6-4-5-11-7-8-15-13(11)12/h4-8,10,15H,9H2,1-3H3,(H,16,18). The van der Waals surface area contributed by atoms with Crippen LogP contribution in [0, 0.1) is 0 Å². The number of amides is 1. The predicted molar refractivity (Wildman–Crippen MR) is 73.8 cm³/mol. The van der Waals surface area contributed by atoms with Crippen molar-refractivity contribution in [3.05, 3.63) is 36.0 Å². The third-order valence-electron chi connectivity index (χ3n) is 2.85. The molecule has 0 fully saturated rings. The predicted octanol–water partition coefficient (Wildman–Crippen LogP) is 1.85. The number of para-hydroxylation sites is 1. The lowest BCUT2D eigenvalue weighted by atomic mass is 10.1. The second-order valence-corrected chi connectivity index (χ2v) is 4.88. The van der Waals surface area contributed by atoms with Crippen molar-refractivity contribution in [3.8, 4) is 0 Å². The zero-order chi connectivity index (χ0) is 13.1. The number of fused-ring (bicyclic) bond motifs is 1. The normalized spacial score (nSPS) is 12.9. The summed E-state index contributed by atoms with van der Waals surface area (Å²) in [4.78, 5) is 17.4. The molecule has 1 unspecified atom stereocenters. The minimum atomic E-state index is -0.0302. The minimum absolute atomic E-state index is 0.0302. The Morgan fingerprint density at radius 2 is 2.17 bits per heavy atom. The van der Waals surface area contributed by atoms with Gasteiger partial charge in [-0.1, -0.05) is 12.1 Å². The molecular formula is C14H19N3O. The number of hydrogen-bond acceptors (Lipinski definition) is 2. The highest BCUT2D eigenvalue weighted by molar-refractivity contribution is 6.05. The highest BCUT2D eigenvalue weighted by atomic mass is 16.1. The van der Waals surface area contributed by atoms with Gasteiger partial charge in [0.1, 0.15) is 0 Å². The number of likely N-dealkylation sites (N-methyl/N-ethyl adjacent to an activating group) is 1. The molecule has 2 N–H and O–H groups in total. The number of benzene rings is 1. The maximum absolute atomic E-state index is 12.2. The van der Waals surface area contributed by atoms with E-state index in [1.54, 1.807) is 0 Å². The average Bonchev–Trinajstić information content (AvgIpc) is 2.74. The topological polar surface area (TPSA) is 48.1 Å². The van der Waals surface area contributed by atoms with Gasteiger partial charge in [0.05, 0.1) is 11.1 Å². The van der Waals surface area contributed by atoms with Crippen LogP contribution in [0.1, 0.15) is 17.3 Å². The molecule has 0 saturated heterocycles. The maximum Gasteiger partial charge on any atom is 0.253 e. The van der Waals surface area contributed by atoms with Crippen LogP contribution in [0.2, 0.25) is 0 Å². The van der Waals surface area contributed by atoms with Gasteiger partial charge in [0.15, 0.2) is 0 Å². The summed E-state index contributed by atoms with van der Waals surface area (Å²) in [5.41, 5.74) is 1.59. The quantitative estimate of drug-likeness (QED) is 0.863. The first-order valence-electron chi connectivity index (χ1n) is 6.09. The number of aromatic amines is 1. The minimum Gasteiger partial charge on any atom is -0.361 e. The molecule has 0 spiro atoms. The summed E-state index contributed by atoms with van der Waals surface area (Å²) in [5, 5.41) is 4.07. The van der Waals surface area contributed by atoms with E-state index in [1.165, 1.54) is 0 Å². The largest absolute Gasteiger partial charge is 0.361 e. The highest BCUT2D eigenvalue weighted by Crippen LogP contribution is 2.16. The van der Waals surface area contributed by atoms with Crippen LogP contribution in [-0.2, 0) is 0 Å². The van der Waals surface area contributed by atoms with Crippen molar-refractivity contribution in [3.63, 3.8) is 0 Å². The van der Waals surface area contributed by atoms with Crippen molar-refractivity contribution in [2.45, 2.75) is 13.0 Å². The molecular weight excluding hydrogens is 226 g/mol. The number of H-pyrrole nitrogens is 1. The smallest absolute Gasteiger partial charge is 0.253 e. The molecule has 0 saturated carbocycles. The molecule has 0 aliphatic heterocycles. The lowest BCUT2D eigenvalue weighted by molar-refractivity contribution is 0.0936. The van der Waals surface area contributed by atoms with Gasteiger partial charge in [-0.05, 0) is 33.2 Å². The van der Waals surface area contributed by atoms with Crippen LogP contribution in [0.3, 0.4) is 0 Å². The molecule has 1 aromatic heterocycles. The average molecular weight is 245 g/mol. The van der Waals surface area contributed by atoms with Gasteiger partial charge in [-0.2, -0.15) is 0 Å². The van der Waals surface area contributed by atoms with Gasteiger partial charge in [-0.25, -0.2) is 0 Å². The first-order valence-corrected chi connectivity index (χ1v) is 6.09. The van der Waals surface area contributed by atoms with Gasteiger partial charge in [0.2, 0.25) is 0 Å². The van der Waals surface area contributed by atoms with E-state index in [2.05, 4.69) is 15.2 Å². The fourth-order valence-electron chi connectivity index (χ4n) is 2.17. The number of nitrogens with zero attached hydrogens (tertiary/aromatic N) is 1. The van der Waals surface area contributed by atoms with Crippen molar-refractivity contribution in [2.75, 3.05) is 20.6 Å². The lowest BCUT2D eigenvalue weighted by Gasteiger charge is -2.18. The fourth-order valence-corrected chi connectivity index (χ4v) is 2.17. The van der Waals surface area contributed by atoms with Gasteiger partial charge in [-0.15, -0.1) is 0 Å². The number of aromatic nitrogens is 1. The van der Waals surface area contributed by atoms with Crippen LogP contribution in [0.5, 0.6) is 0 Å². The monoisotopic (exact) mass is 245 g/mol. The van der Waals surface area contributed by atoms with Gasteiger partial charge in [0.25, 0.3) is 5.91 Å². The van der Waals surface area contributed by atoms with Gasteiger partial charge in [-0.3, -0.25) is 4.79 Å². The van der Waals surface area contributed by atoms with Gasteiger partial charge in [0, 0.05) is 24.2 Å². The summed E-state index contributed by atoms with van der Waals surface area (Å²) < 4.78 is 0. The number of nitrogens with one attached hydrogen (secondary N) is 2. The molecule has 2 aromatic rings. The van der Waals surface area contributed by atoms with Crippen molar-refractivity contribution in [2.24, 2.45) is 0 Å². The molecule has 2 rings (SSSR count). The van der Waals surface area contributed by atoms with E-state index in [4.69, 9.17) is 0 Å². The summed E-state index contributed by atoms with van der Waals surface area (Å²) in [6, 6.07) is 7.83. The Morgan fingerprint density at radius 1 is 1.39 bits per heavy atom. The molecule has 1 aromatic carbocycles. The molecule has 96 valence electrons. The molecule has 0 radical (unpaired) electrons. The molecule has 1 atom stereocenters. The summed E-state index contributed by atoms with van der Waals surface area (Å²) in [7, 11) is 3.99. The lowest BCUT2D eigenvalue weighted by Crippen LogP contribution is -2.39. The van der Waals surface area contributed by atoms with Gasteiger partial charge < -0.3 is 15.2 Å². The first kappa shape index (κ1) is 12.6. The van der Waals surface area contributed by atoms with Crippen molar-refractivity contribution in [1.29, 1.82) is 0 Å². The summed E-state index contributed by atoms with van der Waals surface area (Å²) in [6.45, 7) is 2.83. The molecule has 4 nitrogen and oxygen atoms in total. The van der Waals surface area contributed by atoms with Crippen LogP contribution in [-0.4, -0.2) is 42.5 Å². The van der Waals surface area contributed by atoms with Crippen LogP contribution in [0.25, 0.3) is 10.9 Å². The molecule has 0 aliphatic carbocycles. The molecule has 0 aliphatic rings. The van der Waals surface area contributed by atoms with Gasteiger partial charge >= 0.3 is 0 Å². The van der Waals surface area contributed by atoms with E-state index in [9.17, 15) is 4.79 Å². The number of hydrogen-bond donors (Lipinski definition) is 2. The van der Waals surface area contributed by atoms with E-state index < -0.39 is 0 Å². The number of rotatable bonds is 4. The Bertz CT molecular complexity index is 545. The SMILES string of the molecule is CC(CN(C)C)NC(=O)c1cccc2cc[nH]c12. The van der Waals surface area contributed by atoms with E-state index in [0.717, 1.165) is 17.4 Å². The molecule has 0 bridgehead atoms. The van der Waals surface area contributed by atoms with E-state index in [1.807, 2.05) is 51.5 Å². The Kier molecular flexibility index (Phi) is 3.67. The third kappa shape index (κ3) is 2.71. The highest BCUT2D eigenvalue weighted by Gasteiger charge is 2.13. The van der Waals surface area contributed by atoms with Crippen LogP contribution in [0.15, 0.2) is 30.5 Å². The van der Waals surface area contributed by atoms with Crippen LogP contribution in [0.4, 0.5) is 0 Å². The maximum atomic E-state index is 12.2. The van der Waals surface area contributed by atoms with E-state index in [-0.39, 0.29) is 11.9 Å². The fraction of sp³-hybridized carbons (Fsp3) is 0.357.